The number of nitrogens with zero attached hydrogens (tertiary/aromatic N) is 3. The fourth-order valence-corrected chi connectivity index (χ4v) is 4.62. The van der Waals surface area contributed by atoms with Crippen LogP contribution in [0.2, 0.25) is 0 Å². The molecule has 2 fully saturated rings. The number of hydrogen-bond donors (Lipinski definition) is 2. The second-order valence-corrected chi connectivity index (χ2v) is 8.24. The van der Waals surface area contributed by atoms with E-state index >= 15 is 0 Å². The van der Waals surface area contributed by atoms with Gasteiger partial charge in [-0.05, 0) is 31.6 Å². The summed E-state index contributed by atoms with van der Waals surface area (Å²) in [6.07, 6.45) is 10.0. The van der Waals surface area contributed by atoms with E-state index in [1.54, 1.807) is 11.3 Å². The molecule has 1 saturated carbocycles. The lowest BCUT2D eigenvalue weighted by Crippen LogP contribution is -2.44. The van der Waals surface area contributed by atoms with Crippen LogP contribution in [-0.4, -0.2) is 48.6 Å². The fourth-order valence-electron chi connectivity index (χ4n) is 3.81. The predicted octanol–water partition coefficient (Wildman–Crippen LogP) is 2.63. The standard InChI is InChI=1S/C18H31N5S/c1-3-16-10-20-17(24-16)11-21-18(19-2)22-15-8-9-23(13-15)12-14-6-4-5-7-14/h10,14-15H,3-9,11-13H2,1-2H3,(H2,19,21,22). The van der Waals surface area contributed by atoms with E-state index in [1.165, 1.54) is 50.1 Å². The summed E-state index contributed by atoms with van der Waals surface area (Å²) < 4.78 is 0. The number of guanidine groups is 1. The van der Waals surface area contributed by atoms with Crippen LogP contribution in [0.1, 0.15) is 48.9 Å². The first-order chi connectivity index (χ1) is 11.8. The van der Waals surface area contributed by atoms with E-state index in [4.69, 9.17) is 0 Å². The second kappa shape index (κ2) is 8.81. The van der Waals surface area contributed by atoms with Crippen LogP contribution in [0.3, 0.4) is 0 Å². The van der Waals surface area contributed by atoms with Crippen molar-refractivity contribution in [3.63, 3.8) is 0 Å². The van der Waals surface area contributed by atoms with Gasteiger partial charge in [-0.1, -0.05) is 19.8 Å². The SMILES string of the molecule is CCc1cnc(CNC(=NC)NC2CCN(CC3CCCC3)C2)s1. The van der Waals surface area contributed by atoms with E-state index in [9.17, 15) is 0 Å². The molecular formula is C18H31N5S. The van der Waals surface area contributed by atoms with Gasteiger partial charge in [-0.15, -0.1) is 11.3 Å². The quantitative estimate of drug-likeness (QED) is 0.612. The van der Waals surface area contributed by atoms with E-state index < -0.39 is 0 Å². The molecule has 0 aromatic carbocycles. The van der Waals surface area contributed by atoms with Crippen molar-refractivity contribution < 1.29 is 0 Å². The zero-order valence-electron chi connectivity index (χ0n) is 15.1. The molecule has 1 unspecified atom stereocenters. The first kappa shape index (κ1) is 17.7. The minimum Gasteiger partial charge on any atom is -0.352 e. The lowest BCUT2D eigenvalue weighted by atomic mass is 10.1. The molecule has 1 aromatic heterocycles. The van der Waals surface area contributed by atoms with Gasteiger partial charge >= 0.3 is 0 Å². The molecule has 2 aliphatic rings. The van der Waals surface area contributed by atoms with E-state index in [0.717, 1.165) is 36.4 Å². The molecule has 1 aromatic rings. The number of likely N-dealkylation sites (tertiary alicyclic amines) is 1. The fraction of sp³-hybridized carbons (Fsp3) is 0.778. The molecule has 134 valence electrons. The highest BCUT2D eigenvalue weighted by Gasteiger charge is 2.26. The van der Waals surface area contributed by atoms with Crippen LogP contribution in [0.4, 0.5) is 0 Å². The molecule has 2 heterocycles. The number of aryl methyl sites for hydroxylation is 1. The Morgan fingerprint density at radius 3 is 2.92 bits per heavy atom. The summed E-state index contributed by atoms with van der Waals surface area (Å²) in [6, 6.07) is 0.514. The summed E-state index contributed by atoms with van der Waals surface area (Å²) in [5, 5.41) is 8.12. The summed E-state index contributed by atoms with van der Waals surface area (Å²) >= 11 is 1.78. The number of hydrogen-bond acceptors (Lipinski definition) is 4. The Morgan fingerprint density at radius 2 is 2.21 bits per heavy atom. The highest BCUT2D eigenvalue weighted by Crippen LogP contribution is 2.26. The van der Waals surface area contributed by atoms with E-state index in [1.807, 2.05) is 13.2 Å². The van der Waals surface area contributed by atoms with Crippen LogP contribution >= 0.6 is 11.3 Å². The van der Waals surface area contributed by atoms with Crippen molar-refractivity contribution in [1.82, 2.24) is 20.5 Å². The average Bonchev–Trinajstić information content (AvgIpc) is 3.34. The first-order valence-electron chi connectivity index (χ1n) is 9.40. The zero-order valence-corrected chi connectivity index (χ0v) is 15.9. The van der Waals surface area contributed by atoms with Gasteiger partial charge < -0.3 is 15.5 Å². The van der Waals surface area contributed by atoms with Crippen molar-refractivity contribution in [2.75, 3.05) is 26.7 Å². The highest BCUT2D eigenvalue weighted by atomic mass is 32.1. The topological polar surface area (TPSA) is 52.6 Å². The lowest BCUT2D eigenvalue weighted by Gasteiger charge is -2.21. The van der Waals surface area contributed by atoms with Crippen LogP contribution in [-0.2, 0) is 13.0 Å². The third kappa shape index (κ3) is 4.93. The van der Waals surface area contributed by atoms with Gasteiger partial charge in [-0.2, -0.15) is 0 Å². The number of thiazole rings is 1. The Hall–Kier alpha value is -1.14. The van der Waals surface area contributed by atoms with Gasteiger partial charge in [0.05, 0.1) is 6.54 Å². The minimum atomic E-state index is 0.514. The third-order valence-corrected chi connectivity index (χ3v) is 6.33. The van der Waals surface area contributed by atoms with Crippen molar-refractivity contribution in [3.8, 4) is 0 Å². The lowest BCUT2D eigenvalue weighted by molar-refractivity contribution is 0.275. The van der Waals surface area contributed by atoms with Crippen LogP contribution in [0.25, 0.3) is 0 Å². The Labute approximate surface area is 150 Å². The molecule has 0 amide bonds. The smallest absolute Gasteiger partial charge is 0.191 e. The van der Waals surface area contributed by atoms with Gasteiger partial charge in [0.1, 0.15) is 5.01 Å². The molecule has 24 heavy (non-hydrogen) atoms. The molecule has 1 aliphatic heterocycles. The Balaban J connectivity index is 1.40. The molecule has 1 aliphatic carbocycles. The average molecular weight is 350 g/mol. The maximum atomic E-state index is 4.46. The van der Waals surface area contributed by atoms with Crippen LogP contribution in [0, 0.1) is 5.92 Å². The van der Waals surface area contributed by atoms with E-state index in [-0.39, 0.29) is 0 Å². The van der Waals surface area contributed by atoms with Crippen molar-refractivity contribution >= 4 is 17.3 Å². The predicted molar refractivity (Wildman–Crippen MR) is 102 cm³/mol. The summed E-state index contributed by atoms with van der Waals surface area (Å²) in [5.41, 5.74) is 0. The molecule has 0 bridgehead atoms. The molecule has 1 atom stereocenters. The van der Waals surface area contributed by atoms with Crippen molar-refractivity contribution in [1.29, 1.82) is 0 Å². The molecular weight excluding hydrogens is 318 g/mol. The zero-order chi connectivity index (χ0) is 16.8. The monoisotopic (exact) mass is 349 g/mol. The molecule has 2 N–H and O–H groups in total. The number of nitrogens with one attached hydrogen (secondary N) is 2. The second-order valence-electron chi connectivity index (χ2n) is 7.04. The Morgan fingerprint density at radius 1 is 1.38 bits per heavy atom. The normalized spacial score (nSPS) is 23.1. The Bertz CT molecular complexity index is 535. The number of rotatable bonds is 6. The molecule has 6 heteroatoms. The van der Waals surface area contributed by atoms with Gasteiger partial charge in [-0.3, -0.25) is 4.99 Å². The van der Waals surface area contributed by atoms with Gasteiger partial charge in [0, 0.05) is 43.8 Å². The van der Waals surface area contributed by atoms with Crippen LogP contribution in [0.15, 0.2) is 11.2 Å². The highest BCUT2D eigenvalue weighted by molar-refractivity contribution is 7.11. The summed E-state index contributed by atoms with van der Waals surface area (Å²) in [4.78, 5) is 12.8. The molecule has 5 nitrogen and oxygen atoms in total. The molecule has 1 saturated heterocycles. The first-order valence-corrected chi connectivity index (χ1v) is 10.2. The third-order valence-electron chi connectivity index (χ3n) is 5.18. The van der Waals surface area contributed by atoms with E-state index in [0.29, 0.717) is 6.04 Å². The maximum absolute atomic E-state index is 4.46. The van der Waals surface area contributed by atoms with Crippen molar-refractivity contribution in [2.24, 2.45) is 10.9 Å². The van der Waals surface area contributed by atoms with Crippen LogP contribution in [0.5, 0.6) is 0 Å². The Kier molecular flexibility index (Phi) is 6.49. The van der Waals surface area contributed by atoms with E-state index in [2.05, 4.69) is 32.4 Å². The molecule has 3 rings (SSSR count). The maximum Gasteiger partial charge on any atom is 0.191 e. The van der Waals surface area contributed by atoms with Gasteiger partial charge in [0.15, 0.2) is 5.96 Å². The summed E-state index contributed by atoms with van der Waals surface area (Å²) in [6.45, 7) is 6.58. The molecule has 0 spiro atoms. The number of aromatic nitrogens is 1. The number of aliphatic imine (C=N–C) groups is 1. The minimum absolute atomic E-state index is 0.514. The van der Waals surface area contributed by atoms with Crippen molar-refractivity contribution in [2.45, 2.75) is 58.0 Å². The van der Waals surface area contributed by atoms with Gasteiger partial charge in [0.25, 0.3) is 0 Å². The van der Waals surface area contributed by atoms with Crippen LogP contribution < -0.4 is 10.6 Å². The summed E-state index contributed by atoms with van der Waals surface area (Å²) in [5.74, 6) is 1.84. The van der Waals surface area contributed by atoms with Gasteiger partial charge in [0.2, 0.25) is 0 Å². The summed E-state index contributed by atoms with van der Waals surface area (Å²) in [7, 11) is 1.85. The molecule has 0 radical (unpaired) electrons. The van der Waals surface area contributed by atoms with Crippen molar-refractivity contribution in [3.05, 3.63) is 16.1 Å². The largest absolute Gasteiger partial charge is 0.352 e. The van der Waals surface area contributed by atoms with Gasteiger partial charge in [-0.25, -0.2) is 4.98 Å².